The lowest BCUT2D eigenvalue weighted by Crippen LogP contribution is -1.91. The van der Waals surface area contributed by atoms with E-state index in [2.05, 4.69) is 4.98 Å². The molecule has 1 nitrogen and oxygen atoms in total. The number of nitrogens with zero attached hydrogens (tertiary/aromatic N) is 1. The van der Waals surface area contributed by atoms with Crippen LogP contribution in [-0.4, -0.2) is 4.98 Å². The summed E-state index contributed by atoms with van der Waals surface area (Å²) in [5.74, 6) is 0.449. The Morgan fingerprint density at radius 1 is 1.62 bits per heavy atom. The van der Waals surface area contributed by atoms with Crippen molar-refractivity contribution in [2.75, 3.05) is 0 Å². The molecule has 0 fully saturated rings. The lowest BCUT2D eigenvalue weighted by molar-refractivity contribution is 1.07. The molecule has 0 spiro atoms. The van der Waals surface area contributed by atoms with E-state index in [0.29, 0.717) is 5.88 Å². The van der Waals surface area contributed by atoms with Crippen LogP contribution in [0.1, 0.15) is 11.3 Å². The normalized spacial score (nSPS) is 11.0. The number of thioether (sulfide) groups is 1. The maximum Gasteiger partial charge on any atom is 0.0650 e. The molecule has 0 amide bonds. The van der Waals surface area contributed by atoms with Crippen molar-refractivity contribution in [1.29, 1.82) is 0 Å². The molecule has 0 saturated carbocycles. The Bertz CT molecular complexity index is 312. The van der Waals surface area contributed by atoms with Crippen LogP contribution in [0, 0.1) is 6.92 Å². The Hall–Kier alpha value is -0.180. The molecule has 70 valence electrons. The van der Waals surface area contributed by atoms with Crippen molar-refractivity contribution < 1.29 is 0 Å². The summed E-state index contributed by atoms with van der Waals surface area (Å²) in [6, 6.07) is 1.95. The Morgan fingerprint density at radius 3 is 3.00 bits per heavy atom. The van der Waals surface area contributed by atoms with Gasteiger partial charge in [-0.25, -0.2) is 0 Å². The van der Waals surface area contributed by atoms with Crippen LogP contribution in [0.25, 0.3) is 0 Å². The molecule has 0 N–H and O–H groups in total. The summed E-state index contributed by atoms with van der Waals surface area (Å²) in [6.45, 7) is 2.01. The maximum absolute atomic E-state index is 5.72. The Balaban J connectivity index is 2.94. The van der Waals surface area contributed by atoms with Crippen LogP contribution in [0.5, 0.6) is 0 Å². The molecule has 0 bridgehead atoms. The first-order valence-electron chi connectivity index (χ1n) is 3.72. The van der Waals surface area contributed by atoms with Gasteiger partial charge in [0.15, 0.2) is 0 Å². The fraction of sp³-hybridized carbons (Fsp3) is 0.222. The summed E-state index contributed by atoms with van der Waals surface area (Å²) in [7, 11) is 0. The summed E-state index contributed by atoms with van der Waals surface area (Å²) in [6.07, 6.45) is 1.76. The third kappa shape index (κ3) is 2.90. The first-order valence-corrected chi connectivity index (χ1v) is 5.57. The fourth-order valence-corrected chi connectivity index (χ4v) is 1.98. The van der Waals surface area contributed by atoms with Crippen LogP contribution < -0.4 is 0 Å². The molecule has 4 heteroatoms. The van der Waals surface area contributed by atoms with E-state index in [-0.39, 0.29) is 0 Å². The number of alkyl halides is 1. The fourth-order valence-electron chi connectivity index (χ4n) is 0.920. The van der Waals surface area contributed by atoms with E-state index in [4.69, 9.17) is 23.2 Å². The zero-order valence-electron chi connectivity index (χ0n) is 7.13. The van der Waals surface area contributed by atoms with Crippen LogP contribution in [0.4, 0.5) is 0 Å². The van der Waals surface area contributed by atoms with Crippen molar-refractivity contribution in [3.05, 3.63) is 34.5 Å². The lowest BCUT2D eigenvalue weighted by Gasteiger charge is -2.04. The molecule has 0 aromatic carbocycles. The number of hydrogen-bond acceptors (Lipinski definition) is 2. The summed E-state index contributed by atoms with van der Waals surface area (Å²) in [5.41, 5.74) is 3.54. The zero-order chi connectivity index (χ0) is 9.68. The zero-order valence-corrected chi connectivity index (χ0v) is 9.46. The number of hydrogen-bond donors (Lipinski definition) is 0. The van der Waals surface area contributed by atoms with Gasteiger partial charge in [0.05, 0.1) is 11.6 Å². The average molecular weight is 234 g/mol. The van der Waals surface area contributed by atoms with E-state index < -0.39 is 0 Å². The number of pyridine rings is 1. The molecular weight excluding hydrogens is 225 g/mol. The lowest BCUT2D eigenvalue weighted by atomic mass is 10.2. The molecular formula is C9H9Cl2NS. The van der Waals surface area contributed by atoms with Crippen LogP contribution in [0.3, 0.4) is 0 Å². The molecule has 1 aromatic heterocycles. The van der Waals surface area contributed by atoms with Crippen molar-refractivity contribution in [1.82, 2.24) is 4.98 Å². The van der Waals surface area contributed by atoms with Gasteiger partial charge in [0, 0.05) is 16.6 Å². The van der Waals surface area contributed by atoms with E-state index >= 15 is 0 Å². The highest BCUT2D eigenvalue weighted by molar-refractivity contribution is 8.02. The Morgan fingerprint density at radius 2 is 2.38 bits per heavy atom. The predicted octanol–water partition coefficient (Wildman–Crippen LogP) is 3.93. The Labute approximate surface area is 92.2 Å². The summed E-state index contributed by atoms with van der Waals surface area (Å²) in [4.78, 5) is 5.30. The van der Waals surface area contributed by atoms with Crippen molar-refractivity contribution in [3.63, 3.8) is 0 Å². The number of rotatable bonds is 3. The largest absolute Gasteiger partial charge is 0.260 e. The Kier molecular flexibility index (Phi) is 4.64. The molecule has 0 unspecified atom stereocenters. The monoisotopic (exact) mass is 233 g/mol. The highest BCUT2D eigenvalue weighted by Gasteiger charge is 2.02. The molecule has 0 aliphatic carbocycles. The van der Waals surface area contributed by atoms with E-state index in [9.17, 15) is 0 Å². The highest BCUT2D eigenvalue weighted by Crippen LogP contribution is 2.25. The van der Waals surface area contributed by atoms with Crippen LogP contribution in [0.15, 0.2) is 28.1 Å². The molecule has 1 heterocycles. The summed E-state index contributed by atoms with van der Waals surface area (Å²) < 4.78 is 0. The minimum atomic E-state index is 0.449. The van der Waals surface area contributed by atoms with Crippen LogP contribution >= 0.6 is 35.0 Å². The second-order valence-corrected chi connectivity index (χ2v) is 3.86. The van der Waals surface area contributed by atoms with Crippen molar-refractivity contribution >= 4 is 35.0 Å². The smallest absolute Gasteiger partial charge is 0.0650 e. The number of halogens is 2. The topological polar surface area (TPSA) is 12.9 Å². The van der Waals surface area contributed by atoms with E-state index in [1.165, 1.54) is 5.54 Å². The number of aromatic nitrogens is 1. The SMILES string of the molecule is Cc1c(SC=CCl)ccnc1CCl. The minimum absolute atomic E-state index is 0.449. The van der Waals surface area contributed by atoms with Crippen molar-refractivity contribution in [3.8, 4) is 0 Å². The van der Waals surface area contributed by atoms with Gasteiger partial charge >= 0.3 is 0 Å². The first-order chi connectivity index (χ1) is 6.29. The third-order valence-electron chi connectivity index (χ3n) is 1.63. The molecule has 0 aliphatic heterocycles. The van der Waals surface area contributed by atoms with Gasteiger partial charge in [0.1, 0.15) is 0 Å². The molecule has 1 aromatic rings. The van der Waals surface area contributed by atoms with Gasteiger partial charge in [-0.3, -0.25) is 4.98 Å². The first kappa shape index (κ1) is 10.9. The van der Waals surface area contributed by atoms with Crippen molar-refractivity contribution in [2.24, 2.45) is 0 Å². The van der Waals surface area contributed by atoms with Crippen LogP contribution in [0.2, 0.25) is 0 Å². The van der Waals surface area contributed by atoms with Gasteiger partial charge < -0.3 is 0 Å². The quantitative estimate of drug-likeness (QED) is 0.580. The average Bonchev–Trinajstić information content (AvgIpc) is 2.16. The second kappa shape index (κ2) is 5.53. The van der Waals surface area contributed by atoms with Crippen molar-refractivity contribution in [2.45, 2.75) is 17.7 Å². The maximum atomic E-state index is 5.72. The third-order valence-corrected chi connectivity index (χ3v) is 3.13. The molecule has 0 saturated heterocycles. The van der Waals surface area contributed by atoms with Gasteiger partial charge in [-0.15, -0.1) is 11.6 Å². The van der Waals surface area contributed by atoms with Gasteiger partial charge in [-0.2, -0.15) is 0 Å². The van der Waals surface area contributed by atoms with E-state index in [0.717, 1.165) is 16.2 Å². The predicted molar refractivity (Wildman–Crippen MR) is 59.4 cm³/mol. The molecule has 0 atom stereocenters. The summed E-state index contributed by atoms with van der Waals surface area (Å²) >= 11 is 12.7. The van der Waals surface area contributed by atoms with Gasteiger partial charge in [-0.1, -0.05) is 23.4 Å². The molecule has 0 aliphatic rings. The molecule has 13 heavy (non-hydrogen) atoms. The molecule has 1 rings (SSSR count). The van der Waals surface area contributed by atoms with Gasteiger partial charge in [-0.05, 0) is 24.0 Å². The second-order valence-electron chi connectivity index (χ2n) is 2.39. The summed E-state index contributed by atoms with van der Waals surface area (Å²) in [5, 5.41) is 1.82. The standard InChI is InChI=1S/C9H9Cl2NS/c1-7-8(6-11)12-4-2-9(7)13-5-3-10/h2-5H,6H2,1H3. The van der Waals surface area contributed by atoms with Gasteiger partial charge in [0.25, 0.3) is 0 Å². The van der Waals surface area contributed by atoms with E-state index in [1.54, 1.807) is 18.0 Å². The van der Waals surface area contributed by atoms with Gasteiger partial charge in [0.2, 0.25) is 0 Å². The minimum Gasteiger partial charge on any atom is -0.260 e. The van der Waals surface area contributed by atoms with Crippen LogP contribution in [-0.2, 0) is 5.88 Å². The molecule has 0 radical (unpaired) electrons. The highest BCUT2D eigenvalue weighted by atomic mass is 35.5. The van der Waals surface area contributed by atoms with E-state index in [1.807, 2.05) is 18.4 Å².